The molecule has 0 saturated heterocycles. The first kappa shape index (κ1) is 21.5. The predicted octanol–water partition coefficient (Wildman–Crippen LogP) is 9.16. The average Bonchev–Trinajstić information content (AvgIpc) is 3.63. The van der Waals surface area contributed by atoms with E-state index in [4.69, 9.17) is 0 Å². The lowest BCUT2D eigenvalue weighted by molar-refractivity contribution is 0.957. The van der Waals surface area contributed by atoms with E-state index in [-0.39, 0.29) is 0 Å². The molecular formula is C32H24N2S2. The summed E-state index contributed by atoms with van der Waals surface area (Å²) in [7, 11) is 0. The number of hydrogen-bond donors (Lipinski definition) is 1. The number of allylic oxidation sites excluding steroid dienone is 1. The first-order valence-electron chi connectivity index (χ1n) is 12.2. The van der Waals surface area contributed by atoms with Gasteiger partial charge in [-0.05, 0) is 94.4 Å². The summed E-state index contributed by atoms with van der Waals surface area (Å²) in [5.41, 5.74) is 10.00. The summed E-state index contributed by atoms with van der Waals surface area (Å²) < 4.78 is 4.67. The van der Waals surface area contributed by atoms with E-state index in [1.165, 1.54) is 60.4 Å². The van der Waals surface area contributed by atoms with Crippen LogP contribution in [0.2, 0.25) is 0 Å². The van der Waals surface area contributed by atoms with E-state index in [0.717, 1.165) is 12.8 Å². The number of hydrogen-bond acceptors (Lipinski definition) is 2. The van der Waals surface area contributed by atoms with Crippen molar-refractivity contribution in [3.8, 4) is 22.5 Å². The highest BCUT2D eigenvalue weighted by molar-refractivity contribution is 7.83. The van der Waals surface area contributed by atoms with Gasteiger partial charge in [0.1, 0.15) is 4.83 Å². The summed E-state index contributed by atoms with van der Waals surface area (Å²) in [5.74, 6) is 0. The molecule has 3 aromatic heterocycles. The van der Waals surface area contributed by atoms with Crippen LogP contribution >= 0.6 is 24.0 Å². The van der Waals surface area contributed by atoms with Crippen LogP contribution in [-0.4, -0.2) is 9.13 Å². The van der Waals surface area contributed by atoms with Crippen molar-refractivity contribution in [1.29, 1.82) is 0 Å². The molecule has 0 N–H and O–H groups in total. The molecule has 36 heavy (non-hydrogen) atoms. The Kier molecular flexibility index (Phi) is 5.23. The topological polar surface area (TPSA) is 9.86 Å². The molecule has 0 spiro atoms. The minimum Gasteiger partial charge on any atom is -0.316 e. The van der Waals surface area contributed by atoms with E-state index < -0.39 is 0 Å². The molecule has 0 aliphatic heterocycles. The zero-order chi connectivity index (χ0) is 24.1. The fourth-order valence-corrected chi connectivity index (χ4v) is 6.56. The van der Waals surface area contributed by atoms with Crippen molar-refractivity contribution in [1.82, 2.24) is 9.13 Å². The van der Waals surface area contributed by atoms with Crippen LogP contribution in [0.1, 0.15) is 23.2 Å². The molecule has 3 aromatic carbocycles. The minimum absolute atomic E-state index is 1.07. The second kappa shape index (κ2) is 8.74. The van der Waals surface area contributed by atoms with E-state index in [9.17, 15) is 0 Å². The molecule has 0 bridgehead atoms. The highest BCUT2D eigenvalue weighted by Crippen LogP contribution is 2.36. The van der Waals surface area contributed by atoms with Crippen LogP contribution in [0.15, 0.2) is 102 Å². The van der Waals surface area contributed by atoms with Crippen molar-refractivity contribution in [3.05, 3.63) is 119 Å². The molecule has 0 amide bonds. The lowest BCUT2D eigenvalue weighted by Crippen LogP contribution is -1.99. The lowest BCUT2D eigenvalue weighted by atomic mass is 10.0. The quantitative estimate of drug-likeness (QED) is 0.231. The molecule has 174 valence electrons. The Labute approximate surface area is 219 Å². The molecular weight excluding hydrogens is 477 g/mol. The molecule has 7 rings (SSSR count). The van der Waals surface area contributed by atoms with Gasteiger partial charge in [0.25, 0.3) is 0 Å². The van der Waals surface area contributed by atoms with E-state index in [1.807, 2.05) is 5.41 Å². The van der Waals surface area contributed by atoms with Gasteiger partial charge < -0.3 is 9.13 Å². The van der Waals surface area contributed by atoms with Crippen LogP contribution < -0.4 is 0 Å². The zero-order valence-corrected chi connectivity index (χ0v) is 21.3. The molecule has 6 aromatic rings. The third-order valence-electron chi connectivity index (χ3n) is 7.16. The second-order valence-electron chi connectivity index (χ2n) is 9.16. The maximum Gasteiger partial charge on any atom is 0.108 e. The highest BCUT2D eigenvalue weighted by atomic mass is 32.1. The number of para-hydroxylation sites is 1. The van der Waals surface area contributed by atoms with Crippen LogP contribution in [-0.2, 0) is 6.42 Å². The maximum atomic E-state index is 4.30. The summed E-state index contributed by atoms with van der Waals surface area (Å²) in [6.07, 6.45) is 11.0. The largest absolute Gasteiger partial charge is 0.316 e. The van der Waals surface area contributed by atoms with Crippen LogP contribution in [0, 0.1) is 0 Å². The SMILES string of the molecule is S/C=C\c1cn(-c2ccc(-c3ccc(-n4c5ccccc5c5ccsc54)cc3)cc2)c2c1CCC=C2. The summed E-state index contributed by atoms with van der Waals surface area (Å²) in [4.78, 5) is 1.30. The maximum absolute atomic E-state index is 4.30. The van der Waals surface area contributed by atoms with Gasteiger partial charge in [0.15, 0.2) is 0 Å². The molecule has 1 aliphatic rings. The Hall–Kier alpha value is -3.73. The van der Waals surface area contributed by atoms with Gasteiger partial charge in [0.2, 0.25) is 0 Å². The summed E-state index contributed by atoms with van der Waals surface area (Å²) in [5, 5.41) is 6.64. The van der Waals surface area contributed by atoms with Crippen molar-refractivity contribution >= 4 is 57.2 Å². The molecule has 3 heterocycles. The van der Waals surface area contributed by atoms with Gasteiger partial charge in [0.05, 0.1) is 5.52 Å². The smallest absolute Gasteiger partial charge is 0.108 e. The van der Waals surface area contributed by atoms with Crippen molar-refractivity contribution < 1.29 is 0 Å². The number of fused-ring (bicyclic) bond motifs is 4. The number of thiophene rings is 1. The zero-order valence-electron chi connectivity index (χ0n) is 19.6. The Morgan fingerprint density at radius 1 is 0.806 bits per heavy atom. The average molecular weight is 501 g/mol. The Bertz CT molecular complexity index is 1770. The van der Waals surface area contributed by atoms with Crippen LogP contribution in [0.3, 0.4) is 0 Å². The lowest BCUT2D eigenvalue weighted by Gasteiger charge is -2.12. The molecule has 0 saturated carbocycles. The van der Waals surface area contributed by atoms with E-state index in [1.54, 1.807) is 11.3 Å². The van der Waals surface area contributed by atoms with Gasteiger partial charge in [0, 0.05) is 34.0 Å². The third-order valence-corrected chi connectivity index (χ3v) is 8.21. The molecule has 0 atom stereocenters. The van der Waals surface area contributed by atoms with E-state index in [2.05, 4.69) is 130 Å². The first-order chi connectivity index (χ1) is 17.8. The summed E-state index contributed by atoms with van der Waals surface area (Å²) in [6.45, 7) is 0. The van der Waals surface area contributed by atoms with Crippen LogP contribution in [0.5, 0.6) is 0 Å². The third kappa shape index (κ3) is 3.41. The van der Waals surface area contributed by atoms with E-state index >= 15 is 0 Å². The fraction of sp³-hybridized carbons (Fsp3) is 0.0625. The summed E-state index contributed by atoms with van der Waals surface area (Å²) in [6, 6.07) is 28.7. The standard InChI is InChI=1S/C32H24N2S2/c35-19-17-24-21-33(30-7-3-1-5-27(24)30)25-13-9-22(10-14-25)23-11-15-26(16-12-23)34-31-8-4-2-6-28(31)29-18-20-36-32(29)34/h2-4,6-21,35H,1,5H2/b19-17-. The molecule has 4 heteroatoms. The number of rotatable bonds is 4. The van der Waals surface area contributed by atoms with E-state index in [0.29, 0.717) is 0 Å². The molecule has 0 fully saturated rings. The normalized spacial score (nSPS) is 13.2. The van der Waals surface area contributed by atoms with Crippen molar-refractivity contribution in [2.75, 3.05) is 0 Å². The number of benzene rings is 3. The van der Waals surface area contributed by atoms with Crippen LogP contribution in [0.4, 0.5) is 0 Å². The molecule has 0 unspecified atom stereocenters. The van der Waals surface area contributed by atoms with Gasteiger partial charge in [-0.25, -0.2) is 0 Å². The summed E-state index contributed by atoms with van der Waals surface area (Å²) >= 11 is 6.10. The van der Waals surface area contributed by atoms with Gasteiger partial charge in [-0.3, -0.25) is 0 Å². The monoisotopic (exact) mass is 500 g/mol. The van der Waals surface area contributed by atoms with Crippen molar-refractivity contribution in [2.45, 2.75) is 12.8 Å². The number of aromatic nitrogens is 2. The number of nitrogens with zero attached hydrogens (tertiary/aromatic N) is 2. The Balaban J connectivity index is 1.23. The fourth-order valence-electron chi connectivity index (χ4n) is 5.45. The Morgan fingerprint density at radius 3 is 2.33 bits per heavy atom. The first-order valence-corrected chi connectivity index (χ1v) is 13.6. The Morgan fingerprint density at radius 2 is 1.56 bits per heavy atom. The highest BCUT2D eigenvalue weighted by Gasteiger charge is 2.16. The molecule has 1 aliphatic carbocycles. The van der Waals surface area contributed by atoms with Gasteiger partial charge in [-0.15, -0.1) is 11.3 Å². The van der Waals surface area contributed by atoms with Crippen molar-refractivity contribution in [3.63, 3.8) is 0 Å². The second-order valence-corrected chi connectivity index (χ2v) is 10.4. The van der Waals surface area contributed by atoms with Gasteiger partial charge >= 0.3 is 0 Å². The van der Waals surface area contributed by atoms with Crippen molar-refractivity contribution in [2.24, 2.45) is 0 Å². The minimum atomic E-state index is 1.07. The molecule has 2 nitrogen and oxygen atoms in total. The predicted molar refractivity (Wildman–Crippen MR) is 159 cm³/mol. The van der Waals surface area contributed by atoms with Gasteiger partial charge in [-0.1, -0.05) is 48.5 Å². The molecule has 0 radical (unpaired) electrons. The van der Waals surface area contributed by atoms with Gasteiger partial charge in [-0.2, -0.15) is 12.6 Å². The number of thiol groups is 1. The van der Waals surface area contributed by atoms with Crippen LogP contribution in [0.25, 0.3) is 55.8 Å².